The van der Waals surface area contributed by atoms with Crippen LogP contribution in [0.25, 0.3) is 0 Å². The molecule has 6 rings (SSSR count). The number of anilines is 2. The van der Waals surface area contributed by atoms with Crippen LogP contribution in [0, 0.1) is 6.92 Å². The van der Waals surface area contributed by atoms with Crippen molar-refractivity contribution in [3.63, 3.8) is 0 Å². The average Bonchev–Trinajstić information content (AvgIpc) is 2.91. The van der Waals surface area contributed by atoms with E-state index >= 15 is 0 Å². The van der Waals surface area contributed by atoms with Crippen LogP contribution in [0.15, 0.2) is 87.6 Å². The first-order chi connectivity index (χ1) is 17.6. The minimum Gasteiger partial charge on any atom is -0.455 e. The highest BCUT2D eigenvalue weighted by molar-refractivity contribution is 7.99. The van der Waals surface area contributed by atoms with Gasteiger partial charge >= 0.3 is 0 Å². The lowest BCUT2D eigenvalue weighted by atomic mass is 10.1. The molecule has 0 amide bonds. The fraction of sp³-hybridized carbons (Fsp3) is 0.214. The topological polar surface area (TPSA) is 79.5 Å². The van der Waals surface area contributed by atoms with Crippen LogP contribution in [0.4, 0.5) is 11.4 Å². The van der Waals surface area contributed by atoms with Crippen LogP contribution in [-0.4, -0.2) is 29.7 Å². The van der Waals surface area contributed by atoms with Gasteiger partial charge in [0.2, 0.25) is 5.56 Å². The molecule has 0 bridgehead atoms. The number of aryl methyl sites for hydroxylation is 1. The van der Waals surface area contributed by atoms with Crippen molar-refractivity contribution in [1.82, 2.24) is 9.97 Å². The molecule has 2 aromatic carbocycles. The molecule has 2 aliphatic heterocycles. The lowest BCUT2D eigenvalue weighted by Gasteiger charge is -2.35. The Morgan fingerprint density at radius 2 is 2.08 bits per heavy atom. The molecule has 36 heavy (non-hydrogen) atoms. The zero-order chi connectivity index (χ0) is 24.5. The molecule has 1 fully saturated rings. The van der Waals surface area contributed by atoms with Gasteiger partial charge in [0.1, 0.15) is 17.6 Å². The van der Waals surface area contributed by atoms with E-state index in [0.29, 0.717) is 19.7 Å². The van der Waals surface area contributed by atoms with Gasteiger partial charge in [-0.25, -0.2) is 0 Å². The van der Waals surface area contributed by atoms with Gasteiger partial charge in [0.25, 0.3) is 0 Å². The average molecular weight is 499 g/mol. The second-order valence-corrected chi connectivity index (χ2v) is 10.0. The fourth-order valence-corrected chi connectivity index (χ4v) is 5.52. The smallest absolute Gasteiger partial charge is 0.249 e. The Morgan fingerprint density at radius 3 is 2.94 bits per heavy atom. The van der Waals surface area contributed by atoms with Gasteiger partial charge in [-0.05, 0) is 48.9 Å². The predicted molar refractivity (Wildman–Crippen MR) is 141 cm³/mol. The largest absolute Gasteiger partial charge is 0.455 e. The van der Waals surface area contributed by atoms with Crippen molar-refractivity contribution >= 4 is 23.1 Å². The SMILES string of the molecule is Cc1ccc(CNc2ccc3c(c2)Sc2cccc(C4CN(c5cc[nH]c(=O)c5)CCO4)c2O3)nc1. The summed E-state index contributed by atoms with van der Waals surface area (Å²) in [5.74, 6) is 1.68. The summed E-state index contributed by atoms with van der Waals surface area (Å²) in [4.78, 5) is 23.3. The summed E-state index contributed by atoms with van der Waals surface area (Å²) in [5, 5.41) is 3.46. The standard InChI is InChI=1S/C28H26N4O3S/c1-18-5-6-20(30-15-18)16-31-19-7-8-23-26(13-19)36-25-4-2-3-22(28(25)35-23)24-17-32(11-12-34-24)21-9-10-29-27(33)14-21/h2-10,13-15,24,31H,11-12,16-17H2,1H3,(H,29,33). The number of hydrogen-bond acceptors (Lipinski definition) is 7. The van der Waals surface area contributed by atoms with E-state index in [1.165, 1.54) is 0 Å². The van der Waals surface area contributed by atoms with Gasteiger partial charge in [-0.1, -0.05) is 30.0 Å². The number of para-hydroxylation sites is 1. The Morgan fingerprint density at radius 1 is 1.14 bits per heavy atom. The van der Waals surface area contributed by atoms with Crippen LogP contribution in [0.3, 0.4) is 0 Å². The Kier molecular flexibility index (Phi) is 6.13. The van der Waals surface area contributed by atoms with E-state index in [0.717, 1.165) is 56.0 Å². The van der Waals surface area contributed by atoms with Crippen molar-refractivity contribution in [3.8, 4) is 11.5 Å². The number of rotatable bonds is 5. The minimum absolute atomic E-state index is 0.104. The molecule has 2 N–H and O–H groups in total. The number of H-pyrrole nitrogens is 1. The fourth-order valence-electron chi connectivity index (χ4n) is 4.48. The number of nitrogens with zero attached hydrogens (tertiary/aromatic N) is 2. The van der Waals surface area contributed by atoms with Gasteiger partial charge in [-0.2, -0.15) is 0 Å². The summed E-state index contributed by atoms with van der Waals surface area (Å²) in [7, 11) is 0. The molecule has 1 saturated heterocycles. The molecule has 4 heterocycles. The monoisotopic (exact) mass is 498 g/mol. The maximum absolute atomic E-state index is 11.8. The van der Waals surface area contributed by atoms with Gasteiger partial charge in [0.15, 0.2) is 0 Å². The summed E-state index contributed by atoms with van der Waals surface area (Å²) < 4.78 is 12.6. The first-order valence-corrected chi connectivity index (χ1v) is 12.8. The molecule has 4 aromatic rings. The van der Waals surface area contributed by atoms with Crippen molar-refractivity contribution in [2.24, 2.45) is 0 Å². The number of benzene rings is 2. The molecule has 2 aliphatic rings. The zero-order valence-electron chi connectivity index (χ0n) is 19.9. The number of aromatic nitrogens is 2. The Labute approximate surface area is 213 Å². The third-order valence-electron chi connectivity index (χ3n) is 6.37. The highest BCUT2D eigenvalue weighted by Crippen LogP contribution is 2.50. The van der Waals surface area contributed by atoms with Crippen molar-refractivity contribution in [1.29, 1.82) is 0 Å². The predicted octanol–water partition coefficient (Wildman–Crippen LogP) is 5.53. The molecular formula is C28H26N4O3S. The maximum atomic E-state index is 11.8. The summed E-state index contributed by atoms with van der Waals surface area (Å²) in [6.45, 7) is 4.66. The van der Waals surface area contributed by atoms with Gasteiger partial charge in [0.05, 0.1) is 28.6 Å². The number of aromatic amines is 1. The number of nitrogens with one attached hydrogen (secondary N) is 2. The van der Waals surface area contributed by atoms with Gasteiger partial charge in [0, 0.05) is 48.5 Å². The van der Waals surface area contributed by atoms with Gasteiger partial charge in [-0.15, -0.1) is 0 Å². The van der Waals surface area contributed by atoms with Crippen LogP contribution in [0.2, 0.25) is 0 Å². The number of morpholine rings is 1. The number of pyridine rings is 2. The lowest BCUT2D eigenvalue weighted by molar-refractivity contribution is 0.0383. The third kappa shape index (κ3) is 4.69. The summed E-state index contributed by atoms with van der Waals surface area (Å²) in [5.41, 5.74) is 5.00. The van der Waals surface area contributed by atoms with Crippen LogP contribution in [0.1, 0.15) is 22.9 Å². The van der Waals surface area contributed by atoms with Crippen LogP contribution in [0.5, 0.6) is 11.5 Å². The van der Waals surface area contributed by atoms with Gasteiger partial charge in [-0.3, -0.25) is 9.78 Å². The van der Waals surface area contributed by atoms with E-state index in [9.17, 15) is 4.79 Å². The third-order valence-corrected chi connectivity index (χ3v) is 7.45. The van der Waals surface area contributed by atoms with E-state index in [-0.39, 0.29) is 11.7 Å². The Hall–Kier alpha value is -3.75. The summed E-state index contributed by atoms with van der Waals surface area (Å²) in [6, 6.07) is 20.0. The van der Waals surface area contributed by atoms with Crippen LogP contribution in [-0.2, 0) is 11.3 Å². The van der Waals surface area contributed by atoms with E-state index in [4.69, 9.17) is 9.47 Å². The first kappa shape index (κ1) is 22.7. The highest BCUT2D eigenvalue weighted by atomic mass is 32.2. The normalized spacial score (nSPS) is 16.6. The highest BCUT2D eigenvalue weighted by Gasteiger charge is 2.29. The minimum atomic E-state index is -0.155. The second kappa shape index (κ2) is 9.72. The number of hydrogen-bond donors (Lipinski definition) is 2. The molecule has 1 atom stereocenters. The summed E-state index contributed by atoms with van der Waals surface area (Å²) >= 11 is 1.70. The van der Waals surface area contributed by atoms with E-state index < -0.39 is 0 Å². The van der Waals surface area contributed by atoms with Gasteiger partial charge < -0.3 is 24.7 Å². The Bertz CT molecular complexity index is 1450. The molecule has 2 aromatic heterocycles. The molecule has 8 heteroatoms. The quantitative estimate of drug-likeness (QED) is 0.330. The molecule has 0 aliphatic carbocycles. The van der Waals surface area contributed by atoms with Crippen molar-refractivity contribution in [3.05, 3.63) is 100 Å². The van der Waals surface area contributed by atoms with Crippen LogP contribution >= 0.6 is 11.8 Å². The Balaban J connectivity index is 1.20. The number of fused-ring (bicyclic) bond motifs is 2. The van der Waals surface area contributed by atoms with E-state index in [1.807, 2.05) is 37.4 Å². The molecule has 0 saturated carbocycles. The second-order valence-electron chi connectivity index (χ2n) is 8.94. The zero-order valence-corrected chi connectivity index (χ0v) is 20.7. The summed E-state index contributed by atoms with van der Waals surface area (Å²) in [6.07, 6.45) is 3.42. The molecule has 0 radical (unpaired) electrons. The van der Waals surface area contributed by atoms with Crippen molar-refractivity contribution < 1.29 is 9.47 Å². The molecule has 1 unspecified atom stereocenters. The van der Waals surface area contributed by atoms with E-state index in [2.05, 4.69) is 50.5 Å². The van der Waals surface area contributed by atoms with Crippen molar-refractivity contribution in [2.45, 2.75) is 29.4 Å². The molecule has 182 valence electrons. The lowest BCUT2D eigenvalue weighted by Crippen LogP contribution is -2.39. The molecule has 0 spiro atoms. The molecule has 7 nitrogen and oxygen atoms in total. The molecular weight excluding hydrogens is 472 g/mol. The maximum Gasteiger partial charge on any atom is 0.249 e. The first-order valence-electron chi connectivity index (χ1n) is 12.0. The van der Waals surface area contributed by atoms with Crippen molar-refractivity contribution in [2.75, 3.05) is 29.9 Å². The van der Waals surface area contributed by atoms with E-state index in [1.54, 1.807) is 24.0 Å². The number of ether oxygens (including phenoxy) is 2. The van der Waals surface area contributed by atoms with Crippen LogP contribution < -0.4 is 20.5 Å².